The van der Waals surface area contributed by atoms with Gasteiger partial charge in [0.1, 0.15) is 6.04 Å². The van der Waals surface area contributed by atoms with E-state index in [1.807, 2.05) is 24.3 Å². The van der Waals surface area contributed by atoms with E-state index in [2.05, 4.69) is 10.6 Å². The minimum atomic E-state index is -0.247. The molecular formula is C12H16Cl2N2O2. The van der Waals surface area contributed by atoms with Gasteiger partial charge in [0.05, 0.1) is 13.2 Å². The first-order valence-corrected chi connectivity index (χ1v) is 5.97. The number of hydrogen-bond donors (Lipinski definition) is 2. The van der Waals surface area contributed by atoms with Crippen molar-refractivity contribution < 1.29 is 9.53 Å². The number of amides is 1. The van der Waals surface area contributed by atoms with Gasteiger partial charge >= 0.3 is 0 Å². The molecule has 6 heteroatoms. The summed E-state index contributed by atoms with van der Waals surface area (Å²) in [6.45, 7) is 2.30. The van der Waals surface area contributed by atoms with Crippen molar-refractivity contribution >= 4 is 29.9 Å². The summed E-state index contributed by atoms with van der Waals surface area (Å²) in [6.07, 6.45) is 0. The number of ether oxygens (including phenoxy) is 1. The fourth-order valence-corrected chi connectivity index (χ4v) is 1.91. The Morgan fingerprint density at radius 1 is 1.56 bits per heavy atom. The van der Waals surface area contributed by atoms with Crippen LogP contribution in [0.15, 0.2) is 24.3 Å². The fourth-order valence-electron chi connectivity index (χ4n) is 1.69. The van der Waals surface area contributed by atoms with Gasteiger partial charge in [0.15, 0.2) is 0 Å². The predicted molar refractivity (Wildman–Crippen MR) is 73.2 cm³/mol. The van der Waals surface area contributed by atoms with Gasteiger partial charge in [-0.05, 0) is 17.7 Å². The highest BCUT2D eigenvalue weighted by Gasteiger charge is 2.20. The molecule has 1 saturated heterocycles. The monoisotopic (exact) mass is 290 g/mol. The Labute approximate surface area is 117 Å². The highest BCUT2D eigenvalue weighted by Crippen LogP contribution is 2.10. The molecule has 4 nitrogen and oxygen atoms in total. The molecule has 1 fully saturated rings. The second-order valence-electron chi connectivity index (χ2n) is 3.93. The highest BCUT2D eigenvalue weighted by molar-refractivity contribution is 6.30. The molecule has 18 heavy (non-hydrogen) atoms. The van der Waals surface area contributed by atoms with Gasteiger partial charge in [0.2, 0.25) is 5.91 Å². The summed E-state index contributed by atoms with van der Waals surface area (Å²) < 4.78 is 5.23. The maximum absolute atomic E-state index is 11.8. The zero-order valence-corrected chi connectivity index (χ0v) is 11.4. The molecule has 1 aromatic rings. The third kappa shape index (κ3) is 4.46. The van der Waals surface area contributed by atoms with E-state index in [4.69, 9.17) is 16.3 Å². The fraction of sp³-hybridized carbons (Fsp3) is 0.417. The Hall–Kier alpha value is -0.810. The van der Waals surface area contributed by atoms with Gasteiger partial charge in [0.25, 0.3) is 0 Å². The van der Waals surface area contributed by atoms with E-state index < -0.39 is 0 Å². The maximum Gasteiger partial charge on any atom is 0.239 e. The summed E-state index contributed by atoms with van der Waals surface area (Å²) in [4.78, 5) is 11.8. The van der Waals surface area contributed by atoms with Crippen LogP contribution in [0.5, 0.6) is 0 Å². The van der Waals surface area contributed by atoms with E-state index >= 15 is 0 Å². The van der Waals surface area contributed by atoms with Crippen molar-refractivity contribution in [2.75, 3.05) is 19.8 Å². The van der Waals surface area contributed by atoms with Crippen molar-refractivity contribution in [1.82, 2.24) is 10.6 Å². The summed E-state index contributed by atoms with van der Waals surface area (Å²) in [5.41, 5.74) is 0.988. The molecule has 1 aliphatic rings. The van der Waals surface area contributed by atoms with Crippen molar-refractivity contribution in [1.29, 1.82) is 0 Å². The Balaban J connectivity index is 0.00000162. The smallest absolute Gasteiger partial charge is 0.239 e. The topological polar surface area (TPSA) is 50.4 Å². The first-order chi connectivity index (χ1) is 8.25. The Kier molecular flexibility index (Phi) is 6.43. The molecule has 100 valence electrons. The lowest BCUT2D eigenvalue weighted by atomic mass is 10.2. The molecule has 0 spiro atoms. The first-order valence-electron chi connectivity index (χ1n) is 5.59. The van der Waals surface area contributed by atoms with Gasteiger partial charge in [-0.25, -0.2) is 0 Å². The lowest BCUT2D eigenvalue weighted by Gasteiger charge is -2.22. The second-order valence-corrected chi connectivity index (χ2v) is 4.37. The average molecular weight is 291 g/mol. The van der Waals surface area contributed by atoms with Crippen molar-refractivity contribution in [2.24, 2.45) is 0 Å². The van der Waals surface area contributed by atoms with Crippen molar-refractivity contribution in [3.05, 3.63) is 34.9 Å². The van der Waals surface area contributed by atoms with Crippen LogP contribution in [0.3, 0.4) is 0 Å². The summed E-state index contributed by atoms with van der Waals surface area (Å²) >= 11 is 5.86. The first kappa shape index (κ1) is 15.2. The molecule has 1 atom stereocenters. The van der Waals surface area contributed by atoms with E-state index in [0.717, 1.165) is 12.1 Å². The van der Waals surface area contributed by atoms with Crippen LogP contribution in [-0.4, -0.2) is 31.7 Å². The normalized spacial score (nSPS) is 18.8. The molecule has 1 aliphatic heterocycles. The predicted octanol–water partition coefficient (Wildman–Crippen LogP) is 1.37. The summed E-state index contributed by atoms with van der Waals surface area (Å²) in [5, 5.41) is 6.64. The molecule has 0 aromatic heterocycles. The molecule has 1 amide bonds. The zero-order chi connectivity index (χ0) is 12.1. The molecule has 1 unspecified atom stereocenters. The Bertz CT molecular complexity index is 395. The van der Waals surface area contributed by atoms with Crippen LogP contribution in [0.1, 0.15) is 5.56 Å². The summed E-state index contributed by atoms with van der Waals surface area (Å²) in [6, 6.07) is 7.20. The number of carbonyl (C=O) groups is 1. The third-order valence-electron chi connectivity index (χ3n) is 2.59. The number of hydrogen-bond acceptors (Lipinski definition) is 3. The SMILES string of the molecule is Cl.O=C(NCc1cccc(Cl)c1)C1COCCN1. The number of nitrogens with one attached hydrogen (secondary N) is 2. The molecule has 2 rings (SSSR count). The van der Waals surface area contributed by atoms with Gasteiger partial charge in [-0.15, -0.1) is 12.4 Å². The molecule has 0 saturated carbocycles. The number of rotatable bonds is 3. The van der Waals surface area contributed by atoms with E-state index in [-0.39, 0.29) is 24.4 Å². The lowest BCUT2D eigenvalue weighted by Crippen LogP contribution is -2.51. The van der Waals surface area contributed by atoms with Crippen LogP contribution < -0.4 is 10.6 Å². The van der Waals surface area contributed by atoms with E-state index in [1.54, 1.807) is 0 Å². The minimum absolute atomic E-state index is 0. The van der Waals surface area contributed by atoms with Gasteiger partial charge in [-0.2, -0.15) is 0 Å². The van der Waals surface area contributed by atoms with Crippen molar-refractivity contribution in [3.8, 4) is 0 Å². The third-order valence-corrected chi connectivity index (χ3v) is 2.83. The molecule has 0 radical (unpaired) electrons. The number of carbonyl (C=O) groups excluding carboxylic acids is 1. The highest BCUT2D eigenvalue weighted by atomic mass is 35.5. The van der Waals surface area contributed by atoms with E-state index in [1.165, 1.54) is 0 Å². The molecule has 1 aromatic carbocycles. The van der Waals surface area contributed by atoms with Gasteiger partial charge < -0.3 is 15.4 Å². The molecule has 2 N–H and O–H groups in total. The quantitative estimate of drug-likeness (QED) is 0.884. The van der Waals surface area contributed by atoms with Gasteiger partial charge in [0, 0.05) is 18.1 Å². The number of morpholine rings is 1. The van der Waals surface area contributed by atoms with E-state index in [0.29, 0.717) is 24.8 Å². The van der Waals surface area contributed by atoms with Crippen LogP contribution in [0.25, 0.3) is 0 Å². The molecular weight excluding hydrogens is 275 g/mol. The minimum Gasteiger partial charge on any atom is -0.378 e. The lowest BCUT2D eigenvalue weighted by molar-refractivity contribution is -0.126. The number of halogens is 2. The van der Waals surface area contributed by atoms with Crippen LogP contribution in [-0.2, 0) is 16.1 Å². The number of benzene rings is 1. The van der Waals surface area contributed by atoms with Crippen LogP contribution in [0, 0.1) is 0 Å². The van der Waals surface area contributed by atoms with Crippen molar-refractivity contribution in [2.45, 2.75) is 12.6 Å². The van der Waals surface area contributed by atoms with E-state index in [9.17, 15) is 4.79 Å². The Morgan fingerprint density at radius 2 is 2.39 bits per heavy atom. The summed E-state index contributed by atoms with van der Waals surface area (Å²) in [5.74, 6) is -0.0373. The molecule has 1 heterocycles. The second kappa shape index (κ2) is 7.59. The largest absolute Gasteiger partial charge is 0.378 e. The zero-order valence-electron chi connectivity index (χ0n) is 9.82. The van der Waals surface area contributed by atoms with Crippen LogP contribution in [0.2, 0.25) is 5.02 Å². The standard InChI is InChI=1S/C12H15ClN2O2.ClH/c13-10-3-1-2-9(6-10)7-15-12(16)11-8-17-5-4-14-11;/h1-3,6,11,14H,4-5,7-8H2,(H,15,16);1H. The summed E-state index contributed by atoms with van der Waals surface area (Å²) in [7, 11) is 0. The maximum atomic E-state index is 11.8. The van der Waals surface area contributed by atoms with Crippen LogP contribution >= 0.6 is 24.0 Å². The van der Waals surface area contributed by atoms with Crippen LogP contribution in [0.4, 0.5) is 0 Å². The van der Waals surface area contributed by atoms with Crippen molar-refractivity contribution in [3.63, 3.8) is 0 Å². The molecule has 0 bridgehead atoms. The Morgan fingerprint density at radius 3 is 3.06 bits per heavy atom. The average Bonchev–Trinajstić information content (AvgIpc) is 2.37. The molecule has 0 aliphatic carbocycles. The van der Waals surface area contributed by atoms with Gasteiger partial charge in [-0.1, -0.05) is 23.7 Å². The van der Waals surface area contributed by atoms with Gasteiger partial charge in [-0.3, -0.25) is 4.79 Å².